The first-order valence-electron chi connectivity index (χ1n) is 7.88. The molecular weight excluding hydrogens is 355 g/mol. The molecule has 146 valence electrons. The molecule has 0 spiro atoms. The van der Waals surface area contributed by atoms with Gasteiger partial charge in [-0.2, -0.15) is 13.2 Å². The maximum absolute atomic E-state index is 12.0. The maximum atomic E-state index is 12.0. The molecule has 0 aliphatic rings. The molecule has 0 radical (unpaired) electrons. The Kier molecular flexibility index (Phi) is 8.56. The average Bonchev–Trinajstić information content (AvgIpc) is 2.58. The number of rotatable bonds is 10. The van der Waals surface area contributed by atoms with Crippen molar-refractivity contribution in [3.8, 4) is 5.75 Å². The number of halogens is 3. The molecule has 0 saturated carbocycles. The summed E-state index contributed by atoms with van der Waals surface area (Å²) in [6, 6.07) is 4.67. The van der Waals surface area contributed by atoms with Gasteiger partial charge in [0.15, 0.2) is 6.61 Å². The summed E-state index contributed by atoms with van der Waals surface area (Å²) >= 11 is 0. The lowest BCUT2D eigenvalue weighted by molar-refractivity contribution is -0.153. The molecule has 1 rings (SSSR count). The molecule has 0 aliphatic carbocycles. The fraction of sp³-hybridized carbons (Fsp3) is 0.471. The highest BCUT2D eigenvalue weighted by atomic mass is 19.4. The fourth-order valence-electron chi connectivity index (χ4n) is 2.05. The van der Waals surface area contributed by atoms with E-state index in [1.807, 2.05) is 0 Å². The average molecular weight is 377 g/mol. The van der Waals surface area contributed by atoms with Gasteiger partial charge in [-0.25, -0.2) is 0 Å². The number of carboxylic acids is 1. The molecule has 26 heavy (non-hydrogen) atoms. The highest BCUT2D eigenvalue weighted by Gasteiger charge is 2.28. The Labute approximate surface area is 148 Å². The Morgan fingerprint density at radius 2 is 1.81 bits per heavy atom. The topological polar surface area (TPSA) is 113 Å². The van der Waals surface area contributed by atoms with Gasteiger partial charge in [-0.15, -0.1) is 0 Å². The number of hydrogen-bond donors (Lipinski definition) is 4. The van der Waals surface area contributed by atoms with Gasteiger partial charge in [-0.1, -0.05) is 24.3 Å². The second kappa shape index (κ2) is 10.1. The summed E-state index contributed by atoms with van der Waals surface area (Å²) in [5, 5.41) is 27.8. The van der Waals surface area contributed by atoms with Gasteiger partial charge in [0.1, 0.15) is 17.9 Å². The monoisotopic (exact) mass is 377 g/mol. The molecule has 0 fully saturated rings. The second-order valence-corrected chi connectivity index (χ2v) is 5.72. The fourth-order valence-corrected chi connectivity index (χ4v) is 2.05. The van der Waals surface area contributed by atoms with Crippen molar-refractivity contribution < 1.29 is 38.0 Å². The summed E-state index contributed by atoms with van der Waals surface area (Å²) in [5.41, 5.74) is 6.11. The molecule has 1 aromatic carbocycles. The highest BCUT2D eigenvalue weighted by Crippen LogP contribution is 2.19. The number of aliphatic hydroxyl groups excluding tert-OH is 2. The van der Waals surface area contributed by atoms with E-state index in [0.29, 0.717) is 12.8 Å². The van der Waals surface area contributed by atoms with Crippen LogP contribution in [0.4, 0.5) is 13.2 Å². The summed E-state index contributed by atoms with van der Waals surface area (Å²) in [6.07, 6.45) is -2.63. The number of hydrogen-bond acceptors (Lipinski definition) is 5. The van der Waals surface area contributed by atoms with Crippen LogP contribution < -0.4 is 10.5 Å². The van der Waals surface area contributed by atoms with E-state index in [9.17, 15) is 28.2 Å². The summed E-state index contributed by atoms with van der Waals surface area (Å²) < 4.78 is 40.8. The molecule has 3 unspecified atom stereocenters. The van der Waals surface area contributed by atoms with Crippen LogP contribution in [0.15, 0.2) is 36.4 Å². The van der Waals surface area contributed by atoms with Gasteiger partial charge in [0, 0.05) is 0 Å². The first-order chi connectivity index (χ1) is 12.1. The summed E-state index contributed by atoms with van der Waals surface area (Å²) in [4.78, 5) is 10.6. The molecule has 3 atom stereocenters. The third-order valence-corrected chi connectivity index (χ3v) is 3.52. The van der Waals surface area contributed by atoms with Crippen molar-refractivity contribution in [1.82, 2.24) is 0 Å². The Hall–Kier alpha value is -2.10. The molecule has 0 amide bonds. The lowest BCUT2D eigenvalue weighted by Gasteiger charge is -2.19. The molecule has 0 aliphatic heterocycles. The minimum absolute atomic E-state index is 0.0480. The summed E-state index contributed by atoms with van der Waals surface area (Å²) in [6.45, 7) is -1.34. The molecule has 9 heteroatoms. The molecule has 5 N–H and O–H groups in total. The minimum Gasteiger partial charge on any atom is -0.484 e. The van der Waals surface area contributed by atoms with Crippen molar-refractivity contribution in [1.29, 1.82) is 0 Å². The molecule has 0 heterocycles. The highest BCUT2D eigenvalue weighted by molar-refractivity contribution is 5.74. The number of nitrogens with two attached hydrogens (primary N) is 1. The quantitative estimate of drug-likeness (QED) is 0.461. The van der Waals surface area contributed by atoms with Crippen LogP contribution >= 0.6 is 0 Å². The van der Waals surface area contributed by atoms with Gasteiger partial charge in [0.25, 0.3) is 0 Å². The number of allylic oxidation sites excluding steroid dienone is 1. The van der Waals surface area contributed by atoms with Gasteiger partial charge in [-0.3, -0.25) is 4.79 Å². The smallest absolute Gasteiger partial charge is 0.422 e. The number of aryl methyl sites for hydroxylation is 1. The molecule has 0 aromatic heterocycles. The van der Waals surface area contributed by atoms with E-state index in [0.717, 1.165) is 5.56 Å². The van der Waals surface area contributed by atoms with E-state index in [1.165, 1.54) is 12.1 Å². The van der Waals surface area contributed by atoms with E-state index in [-0.39, 0.29) is 12.2 Å². The van der Waals surface area contributed by atoms with Gasteiger partial charge < -0.3 is 25.8 Å². The number of carboxylic acid groups (broad SMARTS) is 1. The lowest BCUT2D eigenvalue weighted by Crippen LogP contribution is -2.47. The number of aliphatic hydroxyl groups is 2. The van der Waals surface area contributed by atoms with Crippen molar-refractivity contribution in [2.45, 2.75) is 43.7 Å². The van der Waals surface area contributed by atoms with Crippen LogP contribution in [0.2, 0.25) is 0 Å². The van der Waals surface area contributed by atoms with E-state index in [1.54, 1.807) is 24.3 Å². The molecule has 0 saturated heterocycles. The van der Waals surface area contributed by atoms with Crippen LogP contribution in [-0.2, 0) is 11.2 Å². The largest absolute Gasteiger partial charge is 0.484 e. The number of benzene rings is 1. The molecule has 6 nitrogen and oxygen atoms in total. The van der Waals surface area contributed by atoms with E-state index < -0.39 is 37.0 Å². The van der Waals surface area contributed by atoms with E-state index in [2.05, 4.69) is 4.74 Å². The molecular formula is C17H22F3NO5. The van der Waals surface area contributed by atoms with E-state index >= 15 is 0 Å². The lowest BCUT2D eigenvalue weighted by atomic mass is 10.0. The number of ether oxygens (including phenoxy) is 1. The summed E-state index contributed by atoms with van der Waals surface area (Å²) in [7, 11) is 0. The Bertz CT molecular complexity index is 589. The number of aliphatic carboxylic acids is 1. The van der Waals surface area contributed by atoms with Crippen LogP contribution in [0.5, 0.6) is 5.75 Å². The van der Waals surface area contributed by atoms with Crippen molar-refractivity contribution >= 4 is 5.97 Å². The number of alkyl halides is 3. The first-order valence-corrected chi connectivity index (χ1v) is 7.88. The van der Waals surface area contributed by atoms with Crippen LogP contribution in [0.25, 0.3) is 0 Å². The first kappa shape index (κ1) is 21.9. The van der Waals surface area contributed by atoms with Crippen molar-refractivity contribution in [2.24, 2.45) is 5.73 Å². The zero-order valence-corrected chi connectivity index (χ0v) is 13.9. The van der Waals surface area contributed by atoms with Crippen LogP contribution in [0.3, 0.4) is 0 Å². The third-order valence-electron chi connectivity index (χ3n) is 3.52. The normalized spacial score (nSPS) is 15.6. The standard InChI is InChI=1S/C17H22F3NO5/c18-17(19,20)10-26-12-8-6-11(7-9-12)4-2-1-3-5-13(22)15(23)14(21)16(24)25/h1,3,6-9,13-15,22-23H,2,4-5,10,21H2,(H,24,25). The predicted octanol–water partition coefficient (Wildman–Crippen LogP) is 1.64. The van der Waals surface area contributed by atoms with Crippen LogP contribution in [0.1, 0.15) is 18.4 Å². The SMILES string of the molecule is NC(C(=O)O)C(O)C(O)CC=CCCc1ccc(OCC(F)(F)F)cc1. The second-order valence-electron chi connectivity index (χ2n) is 5.72. The van der Waals surface area contributed by atoms with E-state index in [4.69, 9.17) is 10.8 Å². The zero-order chi connectivity index (χ0) is 19.7. The van der Waals surface area contributed by atoms with Gasteiger partial charge in [-0.05, 0) is 37.0 Å². The van der Waals surface area contributed by atoms with Gasteiger partial charge in [0.05, 0.1) is 6.10 Å². The summed E-state index contributed by atoms with van der Waals surface area (Å²) in [5.74, 6) is -1.27. The zero-order valence-electron chi connectivity index (χ0n) is 13.9. The van der Waals surface area contributed by atoms with Crippen molar-refractivity contribution in [3.05, 3.63) is 42.0 Å². The number of carbonyl (C=O) groups is 1. The Morgan fingerprint density at radius 1 is 1.19 bits per heavy atom. The Balaban J connectivity index is 2.34. The predicted molar refractivity (Wildman–Crippen MR) is 87.7 cm³/mol. The maximum Gasteiger partial charge on any atom is 0.422 e. The van der Waals surface area contributed by atoms with Crippen molar-refractivity contribution in [2.75, 3.05) is 6.61 Å². The molecule has 1 aromatic rings. The van der Waals surface area contributed by atoms with Gasteiger partial charge >= 0.3 is 12.1 Å². The van der Waals surface area contributed by atoms with Crippen molar-refractivity contribution in [3.63, 3.8) is 0 Å². The third kappa shape index (κ3) is 8.32. The Morgan fingerprint density at radius 3 is 2.35 bits per heavy atom. The molecule has 0 bridgehead atoms. The minimum atomic E-state index is -4.38. The van der Waals surface area contributed by atoms with Gasteiger partial charge in [0.2, 0.25) is 0 Å². The van der Waals surface area contributed by atoms with Crippen LogP contribution in [-0.4, -0.2) is 52.3 Å². The van der Waals surface area contributed by atoms with Crippen LogP contribution in [0, 0.1) is 0 Å².